The minimum atomic E-state index is 0.710. The molecule has 16 heavy (non-hydrogen) atoms. The van der Waals surface area contributed by atoms with Crippen molar-refractivity contribution in [3.63, 3.8) is 0 Å². The minimum absolute atomic E-state index is 0.710. The fourth-order valence-corrected chi connectivity index (χ4v) is 1.72. The second-order valence-electron chi connectivity index (χ2n) is 3.75. The van der Waals surface area contributed by atoms with Crippen LogP contribution < -0.4 is 5.32 Å². The zero-order valence-electron chi connectivity index (χ0n) is 9.37. The quantitative estimate of drug-likeness (QED) is 0.887. The highest BCUT2D eigenvalue weighted by Gasteiger charge is 2.02. The summed E-state index contributed by atoms with van der Waals surface area (Å²) in [6.45, 7) is 2.71. The summed E-state index contributed by atoms with van der Waals surface area (Å²) in [5.74, 6) is 0. The molecule has 0 atom stereocenters. The Morgan fingerprint density at radius 2 is 2.19 bits per heavy atom. The molecule has 0 aliphatic rings. The smallest absolute Gasteiger partial charge is 0.0815 e. The fraction of sp³-hybridized carbons (Fsp3) is 0.250. The van der Waals surface area contributed by atoms with Gasteiger partial charge < -0.3 is 5.32 Å². The zero-order valence-corrected chi connectivity index (χ0v) is 10.1. The van der Waals surface area contributed by atoms with E-state index >= 15 is 0 Å². The van der Waals surface area contributed by atoms with E-state index in [9.17, 15) is 0 Å². The lowest BCUT2D eigenvalue weighted by molar-refractivity contribution is 0.747. The highest BCUT2D eigenvalue weighted by atomic mass is 35.5. The van der Waals surface area contributed by atoms with Gasteiger partial charge in [0.1, 0.15) is 0 Å². The van der Waals surface area contributed by atoms with Gasteiger partial charge in [-0.2, -0.15) is 5.10 Å². The van der Waals surface area contributed by atoms with Crippen molar-refractivity contribution in [3.8, 4) is 0 Å². The molecule has 2 rings (SSSR count). The van der Waals surface area contributed by atoms with Gasteiger partial charge in [-0.25, -0.2) is 0 Å². The second kappa shape index (κ2) is 4.58. The number of hydrogen-bond acceptors (Lipinski definition) is 2. The number of nitrogens with zero attached hydrogens (tertiary/aromatic N) is 2. The van der Waals surface area contributed by atoms with E-state index < -0.39 is 0 Å². The summed E-state index contributed by atoms with van der Waals surface area (Å²) in [6, 6.07) is 7.84. The predicted molar refractivity (Wildman–Crippen MR) is 66.7 cm³/mol. The van der Waals surface area contributed by atoms with Crippen LogP contribution in [0.4, 0.5) is 5.69 Å². The molecule has 4 heteroatoms. The fourth-order valence-electron chi connectivity index (χ4n) is 1.54. The first-order valence-electron chi connectivity index (χ1n) is 5.14. The van der Waals surface area contributed by atoms with Crippen molar-refractivity contribution in [2.75, 3.05) is 5.32 Å². The van der Waals surface area contributed by atoms with E-state index in [2.05, 4.69) is 10.4 Å². The molecule has 1 aromatic carbocycles. The van der Waals surface area contributed by atoms with Crippen LogP contribution in [0.1, 0.15) is 11.3 Å². The van der Waals surface area contributed by atoms with Crippen LogP contribution in [0.3, 0.4) is 0 Å². The molecule has 0 spiro atoms. The predicted octanol–water partition coefficient (Wildman–Crippen LogP) is 2.99. The number of aryl methyl sites for hydroxylation is 1. The Hall–Kier alpha value is -1.48. The number of benzene rings is 1. The number of rotatable bonds is 3. The van der Waals surface area contributed by atoms with Crippen molar-refractivity contribution >= 4 is 17.3 Å². The van der Waals surface area contributed by atoms with Crippen LogP contribution in [0.2, 0.25) is 5.02 Å². The molecule has 0 unspecified atom stereocenters. The Kier molecular flexibility index (Phi) is 3.15. The van der Waals surface area contributed by atoms with Crippen molar-refractivity contribution in [1.82, 2.24) is 9.78 Å². The third-order valence-electron chi connectivity index (χ3n) is 2.50. The number of halogens is 1. The van der Waals surface area contributed by atoms with Crippen molar-refractivity contribution in [3.05, 3.63) is 46.7 Å². The molecule has 0 amide bonds. The van der Waals surface area contributed by atoms with Gasteiger partial charge in [0.05, 0.1) is 12.2 Å². The van der Waals surface area contributed by atoms with Crippen LogP contribution >= 0.6 is 11.6 Å². The molecule has 0 saturated carbocycles. The summed E-state index contributed by atoms with van der Waals surface area (Å²) in [5.41, 5.74) is 3.14. The van der Waals surface area contributed by atoms with Crippen LogP contribution in [-0.2, 0) is 13.6 Å². The van der Waals surface area contributed by atoms with E-state index in [1.54, 1.807) is 4.68 Å². The van der Waals surface area contributed by atoms with E-state index in [0.29, 0.717) is 6.54 Å². The lowest BCUT2D eigenvalue weighted by Gasteiger charge is -2.09. The molecule has 0 saturated heterocycles. The van der Waals surface area contributed by atoms with E-state index in [1.807, 2.05) is 44.4 Å². The van der Waals surface area contributed by atoms with E-state index in [-0.39, 0.29) is 0 Å². The summed E-state index contributed by atoms with van der Waals surface area (Å²) in [7, 11) is 1.91. The van der Waals surface area contributed by atoms with Crippen molar-refractivity contribution < 1.29 is 0 Å². The lowest BCUT2D eigenvalue weighted by atomic mass is 10.2. The molecular weight excluding hydrogens is 222 g/mol. The normalized spacial score (nSPS) is 10.4. The molecule has 0 radical (unpaired) electrons. The Labute approximate surface area is 100 Å². The topological polar surface area (TPSA) is 29.9 Å². The molecule has 2 aromatic rings. The summed E-state index contributed by atoms with van der Waals surface area (Å²) in [5, 5.41) is 8.41. The maximum absolute atomic E-state index is 6.04. The van der Waals surface area contributed by atoms with Crippen LogP contribution in [0.5, 0.6) is 0 Å². The number of hydrogen-bond donors (Lipinski definition) is 1. The third-order valence-corrected chi connectivity index (χ3v) is 2.91. The highest BCUT2D eigenvalue weighted by Crippen LogP contribution is 2.23. The maximum Gasteiger partial charge on any atom is 0.0815 e. The molecular formula is C12H14ClN3. The summed E-state index contributed by atoms with van der Waals surface area (Å²) in [6.07, 6.45) is 1.93. The Balaban J connectivity index is 2.07. The van der Waals surface area contributed by atoms with E-state index in [1.165, 1.54) is 0 Å². The molecule has 84 valence electrons. The van der Waals surface area contributed by atoms with Crippen molar-refractivity contribution in [2.45, 2.75) is 13.5 Å². The Morgan fingerprint density at radius 1 is 1.38 bits per heavy atom. The molecule has 1 N–H and O–H groups in total. The number of anilines is 1. The van der Waals surface area contributed by atoms with Gasteiger partial charge in [0.2, 0.25) is 0 Å². The van der Waals surface area contributed by atoms with Crippen molar-refractivity contribution in [1.29, 1.82) is 0 Å². The molecule has 0 aliphatic carbocycles. The molecule has 1 aromatic heterocycles. The summed E-state index contributed by atoms with van der Waals surface area (Å²) in [4.78, 5) is 0. The highest BCUT2D eigenvalue weighted by molar-refractivity contribution is 6.31. The Morgan fingerprint density at radius 3 is 2.88 bits per heavy atom. The second-order valence-corrected chi connectivity index (χ2v) is 4.15. The molecule has 3 nitrogen and oxygen atoms in total. The number of aromatic nitrogens is 2. The Bertz CT molecular complexity index is 491. The van der Waals surface area contributed by atoms with E-state index in [0.717, 1.165) is 22.0 Å². The van der Waals surface area contributed by atoms with Gasteiger partial charge in [0, 0.05) is 24.0 Å². The van der Waals surface area contributed by atoms with Crippen LogP contribution in [-0.4, -0.2) is 9.78 Å². The average Bonchev–Trinajstić information content (AvgIpc) is 2.67. The van der Waals surface area contributed by atoms with Crippen LogP contribution in [0.25, 0.3) is 0 Å². The molecule has 0 fully saturated rings. The van der Waals surface area contributed by atoms with Gasteiger partial charge >= 0.3 is 0 Å². The maximum atomic E-state index is 6.04. The third kappa shape index (κ3) is 2.36. The molecule has 0 aliphatic heterocycles. The largest absolute Gasteiger partial charge is 0.379 e. The first-order chi connectivity index (χ1) is 7.66. The number of nitrogens with one attached hydrogen (secondary N) is 1. The zero-order chi connectivity index (χ0) is 11.5. The lowest BCUT2D eigenvalue weighted by Crippen LogP contribution is -2.02. The van der Waals surface area contributed by atoms with Gasteiger partial charge in [0.25, 0.3) is 0 Å². The average molecular weight is 236 g/mol. The molecule has 1 heterocycles. The first kappa shape index (κ1) is 11.0. The van der Waals surface area contributed by atoms with Gasteiger partial charge in [-0.15, -0.1) is 0 Å². The first-order valence-corrected chi connectivity index (χ1v) is 5.52. The minimum Gasteiger partial charge on any atom is -0.379 e. The van der Waals surface area contributed by atoms with Crippen molar-refractivity contribution in [2.24, 2.45) is 7.05 Å². The van der Waals surface area contributed by atoms with Gasteiger partial charge in [-0.05, 0) is 30.7 Å². The SMILES string of the molecule is Cc1c(Cl)cccc1NCc1ccn(C)n1. The summed E-state index contributed by atoms with van der Waals surface area (Å²) < 4.78 is 1.79. The monoisotopic (exact) mass is 235 g/mol. The van der Waals surface area contributed by atoms with Gasteiger partial charge in [-0.1, -0.05) is 17.7 Å². The summed E-state index contributed by atoms with van der Waals surface area (Å²) >= 11 is 6.04. The molecule has 0 bridgehead atoms. The van der Waals surface area contributed by atoms with Crippen LogP contribution in [0.15, 0.2) is 30.5 Å². The van der Waals surface area contributed by atoms with Crippen LogP contribution in [0, 0.1) is 6.92 Å². The van der Waals surface area contributed by atoms with Gasteiger partial charge in [-0.3, -0.25) is 4.68 Å². The van der Waals surface area contributed by atoms with Gasteiger partial charge in [0.15, 0.2) is 0 Å². The standard InChI is InChI=1S/C12H14ClN3/c1-9-11(13)4-3-5-12(9)14-8-10-6-7-16(2)15-10/h3-7,14H,8H2,1-2H3. The van der Waals surface area contributed by atoms with E-state index in [4.69, 9.17) is 11.6 Å².